The molecule has 0 aromatic heterocycles. The zero-order valence-corrected chi connectivity index (χ0v) is 19.5. The second kappa shape index (κ2) is 12.2. The topological polar surface area (TPSA) is 60.0 Å². The van der Waals surface area contributed by atoms with Crippen LogP contribution in [0, 0.1) is 0 Å². The van der Waals surface area contributed by atoms with E-state index in [0.29, 0.717) is 42.9 Å². The molecule has 8 heteroatoms. The summed E-state index contributed by atoms with van der Waals surface area (Å²) in [6.45, 7) is 6.03. The van der Waals surface area contributed by atoms with Crippen LogP contribution in [0.2, 0.25) is 5.02 Å². The molecule has 0 bridgehead atoms. The SMILES string of the molecule is CCOc1ccc(C(CNC(=O)CSc2ccc(Cl)cc2)N2CCOCC2)cc1OC. The summed E-state index contributed by atoms with van der Waals surface area (Å²) in [5.41, 5.74) is 1.08. The number of nitrogens with one attached hydrogen (secondary N) is 1. The van der Waals surface area contributed by atoms with E-state index in [-0.39, 0.29) is 11.9 Å². The minimum atomic E-state index is -0.00360. The first kappa shape index (κ1) is 23.7. The smallest absolute Gasteiger partial charge is 0.230 e. The van der Waals surface area contributed by atoms with Crippen molar-refractivity contribution in [1.82, 2.24) is 10.2 Å². The lowest BCUT2D eigenvalue weighted by Crippen LogP contribution is -2.44. The van der Waals surface area contributed by atoms with Gasteiger partial charge in [-0.1, -0.05) is 17.7 Å². The fourth-order valence-corrected chi connectivity index (χ4v) is 4.31. The van der Waals surface area contributed by atoms with Crippen molar-refractivity contribution in [1.29, 1.82) is 0 Å². The maximum absolute atomic E-state index is 12.5. The van der Waals surface area contributed by atoms with Crippen LogP contribution >= 0.6 is 23.4 Å². The van der Waals surface area contributed by atoms with Crippen LogP contribution in [-0.4, -0.2) is 63.1 Å². The molecule has 3 rings (SSSR count). The predicted octanol–water partition coefficient (Wildman–Crippen LogP) is 4.03. The Balaban J connectivity index is 1.66. The summed E-state index contributed by atoms with van der Waals surface area (Å²) in [7, 11) is 1.64. The number of methoxy groups -OCH3 is 1. The minimum absolute atomic E-state index is 0.00360. The molecule has 1 aliphatic rings. The normalized spacial score (nSPS) is 15.3. The van der Waals surface area contributed by atoms with Crippen LogP contribution in [0.1, 0.15) is 18.5 Å². The van der Waals surface area contributed by atoms with E-state index in [1.165, 1.54) is 11.8 Å². The lowest BCUT2D eigenvalue weighted by molar-refractivity contribution is -0.118. The Morgan fingerprint density at radius 2 is 1.94 bits per heavy atom. The fraction of sp³-hybridized carbons (Fsp3) is 0.435. The van der Waals surface area contributed by atoms with Gasteiger partial charge in [0.15, 0.2) is 11.5 Å². The molecule has 1 N–H and O–H groups in total. The number of hydrogen-bond donors (Lipinski definition) is 1. The summed E-state index contributed by atoms with van der Waals surface area (Å²) >= 11 is 7.41. The molecule has 168 valence electrons. The number of rotatable bonds is 10. The number of carbonyl (C=O) groups is 1. The highest BCUT2D eigenvalue weighted by atomic mass is 35.5. The molecule has 2 aromatic rings. The quantitative estimate of drug-likeness (QED) is 0.536. The summed E-state index contributed by atoms with van der Waals surface area (Å²) in [4.78, 5) is 15.9. The van der Waals surface area contributed by atoms with Crippen LogP contribution in [0.3, 0.4) is 0 Å². The Morgan fingerprint density at radius 1 is 1.19 bits per heavy atom. The van der Waals surface area contributed by atoms with Gasteiger partial charge < -0.3 is 19.5 Å². The van der Waals surface area contributed by atoms with E-state index < -0.39 is 0 Å². The van der Waals surface area contributed by atoms with Gasteiger partial charge in [0.25, 0.3) is 0 Å². The van der Waals surface area contributed by atoms with Crippen LogP contribution in [0.5, 0.6) is 11.5 Å². The molecule has 1 fully saturated rings. The van der Waals surface area contributed by atoms with E-state index in [0.717, 1.165) is 29.3 Å². The first-order chi connectivity index (χ1) is 15.1. The Labute approximate surface area is 193 Å². The highest BCUT2D eigenvalue weighted by Crippen LogP contribution is 2.32. The summed E-state index contributed by atoms with van der Waals surface area (Å²) < 4.78 is 16.7. The Hall–Kier alpha value is -1.93. The molecule has 1 saturated heterocycles. The summed E-state index contributed by atoms with van der Waals surface area (Å²) in [5, 5.41) is 3.78. The number of benzene rings is 2. The Morgan fingerprint density at radius 3 is 2.61 bits per heavy atom. The zero-order chi connectivity index (χ0) is 22.1. The van der Waals surface area contributed by atoms with Gasteiger partial charge in [0.05, 0.1) is 38.7 Å². The van der Waals surface area contributed by atoms with Crippen molar-refractivity contribution in [2.24, 2.45) is 0 Å². The molecule has 1 unspecified atom stereocenters. The number of nitrogens with zero attached hydrogens (tertiary/aromatic N) is 1. The van der Waals surface area contributed by atoms with Crippen molar-refractivity contribution in [3.05, 3.63) is 53.1 Å². The standard InChI is InChI=1S/C23H29ClN2O4S/c1-3-30-21-9-4-17(14-22(21)28-2)20(26-10-12-29-13-11-26)15-25-23(27)16-31-19-7-5-18(24)6-8-19/h4-9,14,20H,3,10-13,15-16H2,1-2H3,(H,25,27). The fourth-order valence-electron chi connectivity index (χ4n) is 3.45. The van der Waals surface area contributed by atoms with E-state index in [9.17, 15) is 4.79 Å². The van der Waals surface area contributed by atoms with Crippen LogP contribution in [0.25, 0.3) is 0 Å². The monoisotopic (exact) mass is 464 g/mol. The van der Waals surface area contributed by atoms with Crippen LogP contribution < -0.4 is 14.8 Å². The van der Waals surface area contributed by atoms with Crippen LogP contribution in [0.4, 0.5) is 0 Å². The molecular weight excluding hydrogens is 436 g/mol. The van der Waals surface area contributed by atoms with E-state index in [1.807, 2.05) is 49.4 Å². The average molecular weight is 465 g/mol. The first-order valence-corrected chi connectivity index (χ1v) is 11.7. The molecule has 0 aliphatic carbocycles. The van der Waals surface area contributed by atoms with Gasteiger partial charge in [-0.05, 0) is 48.9 Å². The lowest BCUT2D eigenvalue weighted by atomic mass is 10.0. The van der Waals surface area contributed by atoms with Crippen molar-refractivity contribution in [3.63, 3.8) is 0 Å². The van der Waals surface area contributed by atoms with E-state index >= 15 is 0 Å². The Bertz CT molecular complexity index is 844. The number of ether oxygens (including phenoxy) is 3. The first-order valence-electron chi connectivity index (χ1n) is 10.4. The third kappa shape index (κ3) is 7.04. The van der Waals surface area contributed by atoms with Gasteiger partial charge in [-0.3, -0.25) is 9.69 Å². The molecule has 1 heterocycles. The van der Waals surface area contributed by atoms with Gasteiger partial charge in [0.1, 0.15) is 0 Å². The van der Waals surface area contributed by atoms with Gasteiger partial charge >= 0.3 is 0 Å². The maximum Gasteiger partial charge on any atom is 0.230 e. The second-order valence-corrected chi connectivity index (χ2v) is 8.54. The zero-order valence-electron chi connectivity index (χ0n) is 17.9. The molecule has 0 radical (unpaired) electrons. The second-order valence-electron chi connectivity index (χ2n) is 7.05. The highest BCUT2D eigenvalue weighted by Gasteiger charge is 2.24. The van der Waals surface area contributed by atoms with Crippen molar-refractivity contribution in [2.75, 3.05) is 52.3 Å². The van der Waals surface area contributed by atoms with Crippen molar-refractivity contribution in [3.8, 4) is 11.5 Å². The van der Waals surface area contributed by atoms with Crippen LogP contribution in [-0.2, 0) is 9.53 Å². The largest absolute Gasteiger partial charge is 0.493 e. The molecular formula is C23H29ClN2O4S. The molecule has 6 nitrogen and oxygen atoms in total. The van der Waals surface area contributed by atoms with Gasteiger partial charge in [0.2, 0.25) is 5.91 Å². The number of morpholine rings is 1. The maximum atomic E-state index is 12.5. The molecule has 31 heavy (non-hydrogen) atoms. The molecule has 1 amide bonds. The summed E-state index contributed by atoms with van der Waals surface area (Å²) in [6.07, 6.45) is 0. The number of thioether (sulfide) groups is 1. The molecule has 1 atom stereocenters. The van der Waals surface area contributed by atoms with Gasteiger partial charge in [0, 0.05) is 29.6 Å². The van der Waals surface area contributed by atoms with Gasteiger partial charge in [-0.15, -0.1) is 11.8 Å². The van der Waals surface area contributed by atoms with Crippen molar-refractivity contribution >= 4 is 29.3 Å². The lowest BCUT2D eigenvalue weighted by Gasteiger charge is -2.35. The molecule has 0 spiro atoms. The highest BCUT2D eigenvalue weighted by molar-refractivity contribution is 8.00. The third-order valence-corrected chi connectivity index (χ3v) is 6.30. The van der Waals surface area contributed by atoms with E-state index in [2.05, 4.69) is 10.2 Å². The molecule has 2 aromatic carbocycles. The number of amides is 1. The summed E-state index contributed by atoms with van der Waals surface area (Å²) in [5.74, 6) is 1.76. The van der Waals surface area contributed by atoms with E-state index in [1.54, 1.807) is 7.11 Å². The van der Waals surface area contributed by atoms with Crippen LogP contribution in [0.15, 0.2) is 47.4 Å². The molecule has 0 saturated carbocycles. The number of hydrogen-bond acceptors (Lipinski definition) is 6. The number of carbonyl (C=O) groups excluding carboxylic acids is 1. The van der Waals surface area contributed by atoms with E-state index in [4.69, 9.17) is 25.8 Å². The Kier molecular flexibility index (Phi) is 9.33. The average Bonchev–Trinajstić information content (AvgIpc) is 2.80. The molecule has 1 aliphatic heterocycles. The van der Waals surface area contributed by atoms with Crippen molar-refractivity contribution in [2.45, 2.75) is 17.9 Å². The van der Waals surface area contributed by atoms with Gasteiger partial charge in [-0.25, -0.2) is 0 Å². The summed E-state index contributed by atoms with van der Waals surface area (Å²) in [6, 6.07) is 13.5. The van der Waals surface area contributed by atoms with Gasteiger partial charge in [-0.2, -0.15) is 0 Å². The number of halogens is 1. The third-order valence-electron chi connectivity index (χ3n) is 5.03. The minimum Gasteiger partial charge on any atom is -0.493 e. The predicted molar refractivity (Wildman–Crippen MR) is 124 cm³/mol. The van der Waals surface area contributed by atoms with Crippen molar-refractivity contribution < 1.29 is 19.0 Å².